The van der Waals surface area contributed by atoms with Crippen LogP contribution >= 0.6 is 22.9 Å². The molecule has 160 valence electrons. The van der Waals surface area contributed by atoms with Crippen molar-refractivity contribution in [3.05, 3.63) is 81.4 Å². The van der Waals surface area contributed by atoms with E-state index in [2.05, 4.69) is 51.4 Å². The predicted molar refractivity (Wildman–Crippen MR) is 125 cm³/mol. The molecule has 0 amide bonds. The Morgan fingerprint density at radius 2 is 1.81 bits per heavy atom. The van der Waals surface area contributed by atoms with Crippen LogP contribution in [0.1, 0.15) is 40.7 Å². The van der Waals surface area contributed by atoms with Gasteiger partial charge in [0.05, 0.1) is 10.9 Å². The number of benzene rings is 2. The first-order valence-corrected chi connectivity index (χ1v) is 11.9. The minimum absolute atomic E-state index is 0.111. The molecular weight excluding hydrogens is 428 g/mol. The van der Waals surface area contributed by atoms with Crippen molar-refractivity contribution < 1.29 is 5.11 Å². The number of rotatable bonds is 5. The van der Waals surface area contributed by atoms with Crippen LogP contribution in [-0.2, 0) is 6.42 Å². The zero-order valence-electron chi connectivity index (χ0n) is 17.4. The Hall–Kier alpha value is -2.41. The Morgan fingerprint density at radius 1 is 1.10 bits per heavy atom. The van der Waals surface area contributed by atoms with Crippen LogP contribution in [0.15, 0.2) is 54.6 Å². The number of aromatic nitrogens is 3. The van der Waals surface area contributed by atoms with Crippen LogP contribution < -0.4 is 0 Å². The molecule has 0 unspecified atom stereocenters. The van der Waals surface area contributed by atoms with Crippen molar-refractivity contribution in [3.63, 3.8) is 0 Å². The molecule has 1 saturated heterocycles. The molecule has 1 atom stereocenters. The van der Waals surface area contributed by atoms with Gasteiger partial charge >= 0.3 is 0 Å². The van der Waals surface area contributed by atoms with Crippen molar-refractivity contribution in [2.24, 2.45) is 5.92 Å². The summed E-state index contributed by atoms with van der Waals surface area (Å²) in [5.74, 6) is 1.49. The van der Waals surface area contributed by atoms with Gasteiger partial charge in [0, 0.05) is 5.02 Å². The third-order valence-corrected chi connectivity index (χ3v) is 7.55. The summed E-state index contributed by atoms with van der Waals surface area (Å²) in [6.07, 6.45) is 3.36. The second-order valence-electron chi connectivity index (χ2n) is 8.24. The Kier molecular flexibility index (Phi) is 5.69. The van der Waals surface area contributed by atoms with Gasteiger partial charge < -0.3 is 5.11 Å². The quantitative estimate of drug-likeness (QED) is 0.434. The van der Waals surface area contributed by atoms with Crippen LogP contribution in [0.5, 0.6) is 5.88 Å². The van der Waals surface area contributed by atoms with Crippen molar-refractivity contribution in [1.29, 1.82) is 0 Å². The molecule has 1 aliphatic heterocycles. The largest absolute Gasteiger partial charge is 0.492 e. The van der Waals surface area contributed by atoms with Crippen LogP contribution in [0.4, 0.5) is 0 Å². The lowest BCUT2D eigenvalue weighted by molar-refractivity contribution is 0.151. The SMILES string of the molecule is Cc1nc2sc([C@H](c3ccccc3Cl)N3CCC(Cc4ccccc4)CC3)c(O)n2n1. The Labute approximate surface area is 190 Å². The minimum atomic E-state index is -0.111. The Morgan fingerprint density at radius 3 is 2.52 bits per heavy atom. The molecule has 7 heteroatoms. The molecule has 1 fully saturated rings. The molecule has 0 radical (unpaired) electrons. The minimum Gasteiger partial charge on any atom is -0.492 e. The van der Waals surface area contributed by atoms with E-state index in [4.69, 9.17) is 11.6 Å². The highest BCUT2D eigenvalue weighted by Crippen LogP contribution is 2.43. The maximum Gasteiger partial charge on any atom is 0.230 e. The van der Waals surface area contributed by atoms with Gasteiger partial charge in [-0.3, -0.25) is 4.90 Å². The number of thiazole rings is 1. The van der Waals surface area contributed by atoms with E-state index in [-0.39, 0.29) is 11.9 Å². The molecule has 3 heterocycles. The number of halogens is 1. The van der Waals surface area contributed by atoms with E-state index in [1.807, 2.05) is 25.1 Å². The van der Waals surface area contributed by atoms with Gasteiger partial charge in [-0.05, 0) is 62.4 Å². The molecule has 2 aromatic carbocycles. The van der Waals surface area contributed by atoms with Crippen molar-refractivity contribution in [1.82, 2.24) is 19.5 Å². The number of nitrogens with zero attached hydrogens (tertiary/aromatic N) is 4. The van der Waals surface area contributed by atoms with Gasteiger partial charge in [0.25, 0.3) is 0 Å². The summed E-state index contributed by atoms with van der Waals surface area (Å²) in [5, 5.41) is 16.1. The monoisotopic (exact) mass is 452 g/mol. The fraction of sp³-hybridized carbons (Fsp3) is 0.333. The molecule has 4 aromatic rings. The lowest BCUT2D eigenvalue weighted by atomic mass is 9.89. The van der Waals surface area contributed by atoms with Crippen LogP contribution in [0, 0.1) is 12.8 Å². The second kappa shape index (κ2) is 8.61. The predicted octanol–water partition coefficient (Wildman–Crippen LogP) is 5.50. The standard InChI is InChI=1S/C24H25ClN4OS/c1-16-26-24-29(27-16)23(30)22(31-24)21(19-9-5-6-10-20(19)25)28-13-11-18(12-14-28)15-17-7-3-2-4-8-17/h2-10,18,21,30H,11-15H2,1H3/t21-/m0/s1. The normalized spacial score (nSPS) is 16.7. The zero-order chi connectivity index (χ0) is 21.4. The van der Waals surface area contributed by atoms with Crippen molar-refractivity contribution in [3.8, 4) is 5.88 Å². The van der Waals surface area contributed by atoms with Gasteiger partial charge in [0.15, 0.2) is 0 Å². The van der Waals surface area contributed by atoms with E-state index in [0.717, 1.165) is 42.8 Å². The smallest absolute Gasteiger partial charge is 0.230 e. The molecule has 31 heavy (non-hydrogen) atoms. The van der Waals surface area contributed by atoms with E-state index in [0.29, 0.717) is 21.7 Å². The fourth-order valence-electron chi connectivity index (χ4n) is 4.59. The maximum absolute atomic E-state index is 11.0. The molecule has 5 nitrogen and oxygen atoms in total. The molecular formula is C24H25ClN4OS. The summed E-state index contributed by atoms with van der Waals surface area (Å²) in [6.45, 7) is 3.75. The number of hydrogen-bond donors (Lipinski definition) is 1. The number of aryl methyl sites for hydroxylation is 1. The number of hydrogen-bond acceptors (Lipinski definition) is 5. The first-order valence-electron chi connectivity index (χ1n) is 10.7. The third kappa shape index (κ3) is 4.07. The van der Waals surface area contributed by atoms with E-state index in [9.17, 15) is 5.11 Å². The lowest BCUT2D eigenvalue weighted by Crippen LogP contribution is -2.37. The van der Waals surface area contributed by atoms with E-state index in [1.54, 1.807) is 4.52 Å². The first-order chi connectivity index (χ1) is 15.1. The molecule has 0 spiro atoms. The first kappa shape index (κ1) is 20.5. The summed E-state index contributed by atoms with van der Waals surface area (Å²) < 4.78 is 1.54. The highest BCUT2D eigenvalue weighted by Gasteiger charge is 2.33. The Bertz CT molecular complexity index is 1180. The highest BCUT2D eigenvalue weighted by molar-refractivity contribution is 7.17. The highest BCUT2D eigenvalue weighted by atomic mass is 35.5. The lowest BCUT2D eigenvalue weighted by Gasteiger charge is -2.37. The van der Waals surface area contributed by atoms with E-state index < -0.39 is 0 Å². The summed E-state index contributed by atoms with van der Waals surface area (Å²) in [5.41, 5.74) is 2.42. The summed E-state index contributed by atoms with van der Waals surface area (Å²) in [7, 11) is 0. The molecule has 0 bridgehead atoms. The number of piperidine rings is 1. The number of fused-ring (bicyclic) bond motifs is 1. The average Bonchev–Trinajstić information content (AvgIpc) is 3.29. The Balaban J connectivity index is 1.44. The van der Waals surface area contributed by atoms with E-state index in [1.165, 1.54) is 16.9 Å². The molecule has 5 rings (SSSR count). The number of likely N-dealkylation sites (tertiary alicyclic amines) is 1. The molecule has 0 aliphatic carbocycles. The van der Waals surface area contributed by atoms with Crippen LogP contribution in [0.25, 0.3) is 4.96 Å². The second-order valence-corrected chi connectivity index (χ2v) is 9.65. The van der Waals surface area contributed by atoms with Gasteiger partial charge in [0.2, 0.25) is 10.8 Å². The van der Waals surface area contributed by atoms with E-state index >= 15 is 0 Å². The molecule has 1 aliphatic rings. The van der Waals surface area contributed by atoms with Gasteiger partial charge in [-0.1, -0.05) is 71.5 Å². The van der Waals surface area contributed by atoms with Crippen LogP contribution in [-0.4, -0.2) is 37.7 Å². The molecule has 2 aromatic heterocycles. The summed E-state index contributed by atoms with van der Waals surface area (Å²) in [4.78, 5) is 8.46. The average molecular weight is 453 g/mol. The van der Waals surface area contributed by atoms with Crippen molar-refractivity contribution >= 4 is 27.9 Å². The topological polar surface area (TPSA) is 53.7 Å². The van der Waals surface area contributed by atoms with Gasteiger partial charge in [-0.15, -0.1) is 5.10 Å². The fourth-order valence-corrected chi connectivity index (χ4v) is 5.98. The summed E-state index contributed by atoms with van der Waals surface area (Å²) in [6, 6.07) is 18.6. The van der Waals surface area contributed by atoms with Gasteiger partial charge in [-0.25, -0.2) is 4.98 Å². The van der Waals surface area contributed by atoms with Crippen LogP contribution in [0.3, 0.4) is 0 Å². The van der Waals surface area contributed by atoms with Crippen molar-refractivity contribution in [2.75, 3.05) is 13.1 Å². The van der Waals surface area contributed by atoms with Gasteiger partial charge in [-0.2, -0.15) is 4.52 Å². The van der Waals surface area contributed by atoms with Gasteiger partial charge in [0.1, 0.15) is 5.82 Å². The van der Waals surface area contributed by atoms with Crippen molar-refractivity contribution in [2.45, 2.75) is 32.2 Å². The zero-order valence-corrected chi connectivity index (χ0v) is 19.0. The van der Waals surface area contributed by atoms with Crippen LogP contribution in [0.2, 0.25) is 5.02 Å². The maximum atomic E-state index is 11.0. The number of aromatic hydroxyl groups is 1. The molecule has 0 saturated carbocycles. The molecule has 1 N–H and O–H groups in total. The third-order valence-electron chi connectivity index (χ3n) is 6.14. The summed E-state index contributed by atoms with van der Waals surface area (Å²) >= 11 is 8.13.